The lowest BCUT2D eigenvalue weighted by Gasteiger charge is -2.21. The minimum Gasteiger partial charge on any atom is -0.508 e. The Bertz CT molecular complexity index is 377. The van der Waals surface area contributed by atoms with Gasteiger partial charge in [0.05, 0.1) is 5.54 Å². The Morgan fingerprint density at radius 3 is 2.93 bits per heavy atom. The van der Waals surface area contributed by atoms with E-state index in [2.05, 4.69) is 5.32 Å². The van der Waals surface area contributed by atoms with Gasteiger partial charge in [0.15, 0.2) is 0 Å². The van der Waals surface area contributed by atoms with E-state index in [-0.39, 0.29) is 12.4 Å². The fraction of sp³-hybridized carbons (Fsp3) is 0.300. The number of benzene rings is 1. The van der Waals surface area contributed by atoms with Gasteiger partial charge < -0.3 is 15.2 Å². The summed E-state index contributed by atoms with van der Waals surface area (Å²) in [4.78, 5) is 10.9. The number of amides is 1. The number of hydrogen-bond acceptors (Lipinski definition) is 3. The lowest BCUT2D eigenvalue weighted by Crippen LogP contribution is -2.37. The van der Waals surface area contributed by atoms with Crippen LogP contribution in [0, 0.1) is 0 Å². The second kappa shape index (κ2) is 2.90. The summed E-state index contributed by atoms with van der Waals surface area (Å²) in [5.74, 6) is 0.185. The largest absolute Gasteiger partial charge is 0.508 e. The molecule has 0 aromatic heterocycles. The smallest absolute Gasteiger partial charge is 0.408 e. The van der Waals surface area contributed by atoms with Crippen molar-refractivity contribution in [3.63, 3.8) is 0 Å². The molecule has 1 aliphatic heterocycles. The molecule has 4 nitrogen and oxygen atoms in total. The fourth-order valence-electron chi connectivity index (χ4n) is 1.51. The van der Waals surface area contributed by atoms with E-state index < -0.39 is 11.6 Å². The van der Waals surface area contributed by atoms with Crippen LogP contribution in [0.25, 0.3) is 0 Å². The quantitative estimate of drug-likeness (QED) is 0.707. The van der Waals surface area contributed by atoms with Gasteiger partial charge in [0.1, 0.15) is 12.4 Å². The van der Waals surface area contributed by atoms with Gasteiger partial charge in [0.25, 0.3) is 0 Å². The van der Waals surface area contributed by atoms with E-state index in [1.54, 1.807) is 18.2 Å². The molecule has 1 atom stereocenters. The van der Waals surface area contributed by atoms with Crippen LogP contribution in [0.2, 0.25) is 0 Å². The number of hydrogen-bond donors (Lipinski definition) is 2. The van der Waals surface area contributed by atoms with Crippen LogP contribution in [0.1, 0.15) is 12.5 Å². The molecule has 1 saturated heterocycles. The topological polar surface area (TPSA) is 58.6 Å². The predicted octanol–water partition coefficient (Wildman–Crippen LogP) is 1.35. The van der Waals surface area contributed by atoms with Crippen molar-refractivity contribution in [3.05, 3.63) is 29.8 Å². The number of rotatable bonds is 1. The lowest BCUT2D eigenvalue weighted by molar-refractivity contribution is 0.173. The monoisotopic (exact) mass is 193 g/mol. The van der Waals surface area contributed by atoms with Gasteiger partial charge in [0.2, 0.25) is 0 Å². The minimum absolute atomic E-state index is 0.185. The Kier molecular flexibility index (Phi) is 1.84. The SMILES string of the molecule is CC1(c2cccc(O)c2)COC(=O)N1. The van der Waals surface area contributed by atoms with Crippen molar-refractivity contribution in [2.45, 2.75) is 12.5 Å². The molecule has 4 heteroatoms. The molecule has 1 heterocycles. The van der Waals surface area contributed by atoms with Crippen LogP contribution in [-0.2, 0) is 10.3 Å². The fourth-order valence-corrected chi connectivity index (χ4v) is 1.51. The van der Waals surface area contributed by atoms with Gasteiger partial charge in [-0.15, -0.1) is 0 Å². The standard InChI is InChI=1S/C10H11NO3/c1-10(6-14-9(13)11-10)7-3-2-4-8(12)5-7/h2-5,12H,6H2,1H3,(H,11,13). The summed E-state index contributed by atoms with van der Waals surface area (Å²) >= 11 is 0. The first-order chi connectivity index (χ1) is 6.60. The van der Waals surface area contributed by atoms with Crippen LogP contribution in [0.15, 0.2) is 24.3 Å². The summed E-state index contributed by atoms with van der Waals surface area (Å²) in [5, 5.41) is 12.0. The number of carbonyl (C=O) groups excluding carboxylic acids is 1. The molecule has 0 saturated carbocycles. The number of nitrogens with one attached hydrogen (secondary N) is 1. The predicted molar refractivity (Wildman–Crippen MR) is 49.9 cm³/mol. The Hall–Kier alpha value is -1.71. The number of phenolic OH excluding ortho intramolecular Hbond substituents is 1. The van der Waals surface area contributed by atoms with Crippen molar-refractivity contribution in [1.82, 2.24) is 5.32 Å². The molecule has 1 aromatic rings. The summed E-state index contributed by atoms with van der Waals surface area (Å²) in [6, 6.07) is 6.79. The van der Waals surface area contributed by atoms with Gasteiger partial charge in [-0.1, -0.05) is 12.1 Å². The first-order valence-electron chi connectivity index (χ1n) is 4.35. The van der Waals surface area contributed by atoms with Gasteiger partial charge in [-0.3, -0.25) is 0 Å². The van der Waals surface area contributed by atoms with Gasteiger partial charge in [-0.25, -0.2) is 4.79 Å². The van der Waals surface area contributed by atoms with E-state index in [9.17, 15) is 9.90 Å². The van der Waals surface area contributed by atoms with Crippen molar-refractivity contribution in [2.24, 2.45) is 0 Å². The molecule has 1 fully saturated rings. The third kappa shape index (κ3) is 1.39. The van der Waals surface area contributed by atoms with Crippen molar-refractivity contribution in [2.75, 3.05) is 6.61 Å². The molecular weight excluding hydrogens is 182 g/mol. The van der Waals surface area contributed by atoms with Crippen LogP contribution in [-0.4, -0.2) is 17.8 Å². The highest BCUT2D eigenvalue weighted by atomic mass is 16.6. The average molecular weight is 193 g/mol. The second-order valence-electron chi connectivity index (χ2n) is 3.58. The van der Waals surface area contributed by atoms with E-state index in [1.807, 2.05) is 13.0 Å². The minimum atomic E-state index is -0.532. The molecule has 0 bridgehead atoms. The van der Waals surface area contributed by atoms with Gasteiger partial charge in [-0.2, -0.15) is 0 Å². The molecule has 1 aromatic carbocycles. The zero-order valence-corrected chi connectivity index (χ0v) is 7.78. The zero-order valence-electron chi connectivity index (χ0n) is 7.78. The molecule has 2 N–H and O–H groups in total. The maximum absolute atomic E-state index is 10.9. The Labute approximate surface area is 81.5 Å². The highest BCUT2D eigenvalue weighted by molar-refractivity contribution is 5.71. The molecule has 1 unspecified atom stereocenters. The van der Waals surface area contributed by atoms with Gasteiger partial charge in [-0.05, 0) is 24.6 Å². The van der Waals surface area contributed by atoms with Crippen LogP contribution in [0.3, 0.4) is 0 Å². The molecular formula is C10H11NO3. The maximum atomic E-state index is 10.9. The van der Waals surface area contributed by atoms with Crippen LogP contribution >= 0.6 is 0 Å². The first-order valence-corrected chi connectivity index (χ1v) is 4.35. The van der Waals surface area contributed by atoms with E-state index in [4.69, 9.17) is 4.74 Å². The summed E-state index contributed by atoms with van der Waals surface area (Å²) in [6.07, 6.45) is -0.421. The molecule has 0 aliphatic carbocycles. The second-order valence-corrected chi connectivity index (χ2v) is 3.58. The maximum Gasteiger partial charge on any atom is 0.408 e. The normalized spacial score (nSPS) is 25.6. The van der Waals surface area contributed by atoms with Crippen molar-refractivity contribution in [3.8, 4) is 5.75 Å². The Balaban J connectivity index is 2.34. The summed E-state index contributed by atoms with van der Waals surface area (Å²) in [7, 11) is 0. The molecule has 1 aliphatic rings. The average Bonchev–Trinajstić information content (AvgIpc) is 2.48. The van der Waals surface area contributed by atoms with E-state index in [0.29, 0.717) is 0 Å². The number of ether oxygens (including phenoxy) is 1. The highest BCUT2D eigenvalue weighted by Crippen LogP contribution is 2.27. The van der Waals surface area contributed by atoms with Gasteiger partial charge in [0, 0.05) is 0 Å². The number of cyclic esters (lactones) is 1. The molecule has 2 rings (SSSR count). The lowest BCUT2D eigenvalue weighted by atomic mass is 9.94. The van der Waals surface area contributed by atoms with Crippen molar-refractivity contribution >= 4 is 6.09 Å². The molecule has 0 spiro atoms. The third-order valence-electron chi connectivity index (χ3n) is 2.35. The van der Waals surface area contributed by atoms with Crippen molar-refractivity contribution < 1.29 is 14.6 Å². The van der Waals surface area contributed by atoms with Crippen molar-refractivity contribution in [1.29, 1.82) is 0 Å². The van der Waals surface area contributed by atoms with Gasteiger partial charge >= 0.3 is 6.09 Å². The number of alkyl carbamates (subject to hydrolysis) is 1. The summed E-state index contributed by atoms with van der Waals surface area (Å²) < 4.78 is 4.83. The Morgan fingerprint density at radius 1 is 1.57 bits per heavy atom. The molecule has 0 radical (unpaired) electrons. The molecule has 74 valence electrons. The zero-order chi connectivity index (χ0) is 10.2. The van der Waals surface area contributed by atoms with E-state index in [0.717, 1.165) is 5.56 Å². The summed E-state index contributed by atoms with van der Waals surface area (Å²) in [5.41, 5.74) is 0.305. The molecule has 1 amide bonds. The van der Waals surface area contributed by atoms with E-state index >= 15 is 0 Å². The molecule has 14 heavy (non-hydrogen) atoms. The van der Waals surface area contributed by atoms with Crippen LogP contribution < -0.4 is 5.32 Å². The number of aromatic hydroxyl groups is 1. The highest BCUT2D eigenvalue weighted by Gasteiger charge is 2.36. The van der Waals surface area contributed by atoms with E-state index in [1.165, 1.54) is 0 Å². The van der Waals surface area contributed by atoms with Crippen LogP contribution in [0.4, 0.5) is 4.79 Å². The number of phenols is 1. The first kappa shape index (κ1) is 8.87. The Morgan fingerprint density at radius 2 is 2.36 bits per heavy atom. The number of carbonyl (C=O) groups is 1. The third-order valence-corrected chi connectivity index (χ3v) is 2.35. The summed E-state index contributed by atoms with van der Waals surface area (Å²) in [6.45, 7) is 2.14. The van der Waals surface area contributed by atoms with Crippen LogP contribution in [0.5, 0.6) is 5.75 Å².